The molecule has 0 bridgehead atoms. The number of para-hydroxylation sites is 2. The lowest BCUT2D eigenvalue weighted by Crippen LogP contribution is -2.24. The molecule has 8 heteroatoms. The van der Waals surface area contributed by atoms with Crippen LogP contribution in [-0.4, -0.2) is 15.5 Å². The number of anilines is 1. The molecule has 0 saturated carbocycles. The number of rotatable bonds is 3. The lowest BCUT2D eigenvalue weighted by molar-refractivity contribution is -0.116. The van der Waals surface area contributed by atoms with Crippen molar-refractivity contribution < 1.29 is 9.21 Å². The van der Waals surface area contributed by atoms with E-state index in [1.54, 1.807) is 30.3 Å². The zero-order valence-corrected chi connectivity index (χ0v) is 14.6. The normalized spacial score (nSPS) is 11.3. The first kappa shape index (κ1) is 15.9. The summed E-state index contributed by atoms with van der Waals surface area (Å²) in [7, 11) is 0. The number of amides is 1. The van der Waals surface area contributed by atoms with Gasteiger partial charge < -0.3 is 9.73 Å². The maximum atomic E-state index is 12.3. The van der Waals surface area contributed by atoms with E-state index in [1.165, 1.54) is 15.9 Å². The van der Waals surface area contributed by atoms with Crippen molar-refractivity contribution in [1.82, 2.24) is 9.55 Å². The van der Waals surface area contributed by atoms with E-state index in [1.807, 2.05) is 13.0 Å². The Hall–Kier alpha value is -2.64. The SMILES string of the molecule is Cc1c(Cl)ccc2sc(NC(=O)Cn3c(=O)oc4ccccc43)nc12. The van der Waals surface area contributed by atoms with Gasteiger partial charge >= 0.3 is 5.76 Å². The van der Waals surface area contributed by atoms with Gasteiger partial charge in [0.05, 0.1) is 15.7 Å². The molecule has 4 rings (SSSR count). The van der Waals surface area contributed by atoms with E-state index in [4.69, 9.17) is 16.0 Å². The van der Waals surface area contributed by atoms with E-state index in [2.05, 4.69) is 10.3 Å². The maximum absolute atomic E-state index is 12.3. The lowest BCUT2D eigenvalue weighted by Gasteiger charge is -2.02. The van der Waals surface area contributed by atoms with Gasteiger partial charge in [0.25, 0.3) is 0 Å². The van der Waals surface area contributed by atoms with Gasteiger partial charge in [-0.05, 0) is 36.8 Å². The zero-order chi connectivity index (χ0) is 17.6. The minimum Gasteiger partial charge on any atom is -0.408 e. The van der Waals surface area contributed by atoms with E-state index >= 15 is 0 Å². The molecule has 0 spiro atoms. The molecule has 6 nitrogen and oxygen atoms in total. The third-order valence-electron chi connectivity index (χ3n) is 3.87. The van der Waals surface area contributed by atoms with Crippen molar-refractivity contribution in [3.8, 4) is 0 Å². The Bertz CT molecular complexity index is 1180. The van der Waals surface area contributed by atoms with Crippen LogP contribution in [0.1, 0.15) is 5.56 Å². The summed E-state index contributed by atoms with van der Waals surface area (Å²) < 4.78 is 7.35. The predicted molar refractivity (Wildman–Crippen MR) is 98.5 cm³/mol. The number of nitrogens with zero attached hydrogens (tertiary/aromatic N) is 2. The van der Waals surface area contributed by atoms with Crippen LogP contribution in [0.4, 0.5) is 5.13 Å². The van der Waals surface area contributed by atoms with Crippen LogP contribution >= 0.6 is 22.9 Å². The van der Waals surface area contributed by atoms with Crippen molar-refractivity contribution >= 4 is 55.3 Å². The van der Waals surface area contributed by atoms with Gasteiger partial charge in [0.15, 0.2) is 10.7 Å². The Morgan fingerprint density at radius 2 is 2.12 bits per heavy atom. The van der Waals surface area contributed by atoms with Crippen LogP contribution in [0, 0.1) is 6.92 Å². The summed E-state index contributed by atoms with van der Waals surface area (Å²) in [5, 5.41) is 3.83. The van der Waals surface area contributed by atoms with E-state index in [9.17, 15) is 9.59 Å². The Morgan fingerprint density at radius 1 is 1.32 bits per heavy atom. The topological polar surface area (TPSA) is 77.1 Å². The molecule has 0 aliphatic heterocycles. The van der Waals surface area contributed by atoms with E-state index in [0.717, 1.165) is 15.8 Å². The monoisotopic (exact) mass is 373 g/mol. The van der Waals surface area contributed by atoms with Gasteiger partial charge in [0, 0.05) is 5.02 Å². The van der Waals surface area contributed by atoms with Crippen LogP contribution in [-0.2, 0) is 11.3 Å². The number of carbonyl (C=O) groups excluding carboxylic acids is 1. The number of aromatic nitrogens is 2. The third kappa shape index (κ3) is 2.81. The molecule has 1 N–H and O–H groups in total. The molecule has 0 aliphatic rings. The van der Waals surface area contributed by atoms with Crippen LogP contribution in [0.25, 0.3) is 21.3 Å². The number of hydrogen-bond donors (Lipinski definition) is 1. The Morgan fingerprint density at radius 3 is 2.96 bits per heavy atom. The standard InChI is InChI=1S/C17H12ClN3O3S/c1-9-10(18)6-7-13-15(9)20-16(25-13)19-14(22)8-21-11-4-2-3-5-12(11)24-17(21)23/h2-7H,8H2,1H3,(H,19,20,22). The minimum atomic E-state index is -0.566. The molecule has 0 atom stereocenters. The van der Waals surface area contributed by atoms with Crippen LogP contribution in [0.15, 0.2) is 45.6 Å². The molecule has 25 heavy (non-hydrogen) atoms. The summed E-state index contributed by atoms with van der Waals surface area (Å²) in [5.41, 5.74) is 2.66. The van der Waals surface area contributed by atoms with Crippen LogP contribution in [0.2, 0.25) is 5.02 Å². The summed E-state index contributed by atoms with van der Waals surface area (Å²) in [5.74, 6) is -0.917. The highest BCUT2D eigenvalue weighted by Crippen LogP contribution is 2.31. The summed E-state index contributed by atoms with van der Waals surface area (Å²) in [6, 6.07) is 10.6. The first-order valence-electron chi connectivity index (χ1n) is 7.47. The fourth-order valence-corrected chi connectivity index (χ4v) is 3.71. The number of benzene rings is 2. The summed E-state index contributed by atoms with van der Waals surface area (Å²) in [4.78, 5) is 28.7. The molecular formula is C17H12ClN3O3S. The van der Waals surface area contributed by atoms with Gasteiger partial charge in [-0.3, -0.25) is 9.36 Å². The van der Waals surface area contributed by atoms with E-state index < -0.39 is 5.76 Å². The largest absolute Gasteiger partial charge is 0.420 e. The average molecular weight is 374 g/mol. The van der Waals surface area contributed by atoms with Gasteiger partial charge in [-0.15, -0.1) is 0 Å². The van der Waals surface area contributed by atoms with Gasteiger partial charge in [-0.25, -0.2) is 9.78 Å². The highest BCUT2D eigenvalue weighted by molar-refractivity contribution is 7.22. The number of fused-ring (bicyclic) bond motifs is 2. The third-order valence-corrected chi connectivity index (χ3v) is 5.22. The fraction of sp³-hybridized carbons (Fsp3) is 0.118. The molecule has 4 aromatic rings. The van der Waals surface area contributed by atoms with Crippen molar-refractivity contribution in [3.05, 3.63) is 57.5 Å². The average Bonchev–Trinajstić information content (AvgIpc) is 3.13. The molecule has 0 saturated heterocycles. The van der Waals surface area contributed by atoms with Crippen molar-refractivity contribution in [2.45, 2.75) is 13.5 Å². The molecular weight excluding hydrogens is 362 g/mol. The van der Waals surface area contributed by atoms with Crippen molar-refractivity contribution in [3.63, 3.8) is 0 Å². The van der Waals surface area contributed by atoms with E-state index in [-0.39, 0.29) is 12.5 Å². The summed E-state index contributed by atoms with van der Waals surface area (Å²) >= 11 is 7.46. The van der Waals surface area contributed by atoms with Crippen molar-refractivity contribution in [2.24, 2.45) is 0 Å². The highest BCUT2D eigenvalue weighted by atomic mass is 35.5. The second-order valence-corrected chi connectivity index (χ2v) is 6.95. The first-order valence-corrected chi connectivity index (χ1v) is 8.66. The molecule has 0 radical (unpaired) electrons. The molecule has 2 aromatic heterocycles. The quantitative estimate of drug-likeness (QED) is 0.592. The molecule has 0 unspecified atom stereocenters. The number of oxazole rings is 1. The van der Waals surface area contributed by atoms with Gasteiger partial charge in [0.1, 0.15) is 6.54 Å². The number of hydrogen-bond acceptors (Lipinski definition) is 5. The van der Waals surface area contributed by atoms with Crippen molar-refractivity contribution in [2.75, 3.05) is 5.32 Å². The van der Waals surface area contributed by atoms with Crippen LogP contribution < -0.4 is 11.1 Å². The summed E-state index contributed by atoms with van der Waals surface area (Å²) in [6.07, 6.45) is 0. The highest BCUT2D eigenvalue weighted by Gasteiger charge is 2.15. The summed E-state index contributed by atoms with van der Waals surface area (Å²) in [6.45, 7) is 1.73. The number of carbonyl (C=O) groups is 1. The lowest BCUT2D eigenvalue weighted by atomic mass is 10.2. The van der Waals surface area contributed by atoms with Crippen LogP contribution in [0.3, 0.4) is 0 Å². The van der Waals surface area contributed by atoms with Gasteiger partial charge in [-0.1, -0.05) is 35.1 Å². The van der Waals surface area contributed by atoms with Gasteiger partial charge in [0.2, 0.25) is 5.91 Å². The number of nitrogens with one attached hydrogen (secondary N) is 1. The fourth-order valence-electron chi connectivity index (χ4n) is 2.62. The second-order valence-electron chi connectivity index (χ2n) is 5.51. The number of halogens is 1. The molecule has 2 aromatic carbocycles. The molecule has 0 aliphatic carbocycles. The minimum absolute atomic E-state index is 0.147. The second kappa shape index (κ2) is 6.02. The van der Waals surface area contributed by atoms with Gasteiger partial charge in [-0.2, -0.15) is 0 Å². The number of aryl methyl sites for hydroxylation is 1. The Kier molecular flexibility index (Phi) is 3.82. The molecule has 1 amide bonds. The van der Waals surface area contributed by atoms with Crippen molar-refractivity contribution in [1.29, 1.82) is 0 Å². The number of thiazole rings is 1. The predicted octanol–water partition coefficient (Wildman–Crippen LogP) is 3.80. The smallest absolute Gasteiger partial charge is 0.408 e. The zero-order valence-electron chi connectivity index (χ0n) is 13.1. The Labute approximate surface area is 150 Å². The maximum Gasteiger partial charge on any atom is 0.420 e. The molecule has 126 valence electrons. The molecule has 2 heterocycles. The first-order chi connectivity index (χ1) is 12.0. The molecule has 0 fully saturated rings. The Balaban J connectivity index is 1.61. The van der Waals surface area contributed by atoms with E-state index in [0.29, 0.717) is 21.3 Å². The van der Waals surface area contributed by atoms with Crippen LogP contribution in [0.5, 0.6) is 0 Å².